The molecule has 86 valence electrons. The fourth-order valence-electron chi connectivity index (χ4n) is 1.09. The first kappa shape index (κ1) is 12.6. The molecular weight excluding hydrogens is 276 g/mol. The highest BCUT2D eigenvalue weighted by atomic mass is 79.9. The summed E-state index contributed by atoms with van der Waals surface area (Å²) in [6.45, 7) is 0. The number of halogens is 1. The van der Waals surface area contributed by atoms with Crippen molar-refractivity contribution in [3.63, 3.8) is 0 Å². The van der Waals surface area contributed by atoms with Crippen LogP contribution in [0.1, 0.15) is 19.3 Å². The van der Waals surface area contributed by atoms with Crippen molar-refractivity contribution in [2.75, 3.05) is 5.32 Å². The maximum absolute atomic E-state index is 11.4. The maximum atomic E-state index is 11.4. The third kappa shape index (κ3) is 4.39. The Kier molecular flexibility index (Phi) is 4.91. The minimum atomic E-state index is -0.893. The summed E-state index contributed by atoms with van der Waals surface area (Å²) in [6.07, 6.45) is 2.12. The predicted octanol–water partition coefficient (Wildman–Crippen LogP) is 2.04. The molecular formula is C10H11BrN2O3. The minimum Gasteiger partial charge on any atom is -0.481 e. The molecule has 1 heterocycles. The van der Waals surface area contributed by atoms with E-state index in [0.717, 1.165) is 0 Å². The Bertz CT molecular complexity index is 395. The number of nitrogens with one attached hydrogen (secondary N) is 1. The van der Waals surface area contributed by atoms with Crippen LogP contribution in [0.5, 0.6) is 0 Å². The molecule has 1 aromatic heterocycles. The zero-order valence-electron chi connectivity index (χ0n) is 8.44. The van der Waals surface area contributed by atoms with Gasteiger partial charge in [-0.15, -0.1) is 0 Å². The van der Waals surface area contributed by atoms with Crippen LogP contribution in [0.2, 0.25) is 0 Å². The van der Waals surface area contributed by atoms with Gasteiger partial charge in [0, 0.05) is 19.0 Å². The van der Waals surface area contributed by atoms with Crippen LogP contribution < -0.4 is 5.32 Å². The molecule has 0 aliphatic carbocycles. The van der Waals surface area contributed by atoms with Crippen molar-refractivity contribution in [1.82, 2.24) is 4.98 Å². The fourth-order valence-corrected chi connectivity index (χ4v) is 1.44. The van der Waals surface area contributed by atoms with Crippen molar-refractivity contribution in [3.8, 4) is 0 Å². The molecule has 0 saturated carbocycles. The van der Waals surface area contributed by atoms with Crippen molar-refractivity contribution < 1.29 is 14.7 Å². The topological polar surface area (TPSA) is 79.3 Å². The second-order valence-corrected chi connectivity index (χ2v) is 3.89. The third-order valence-electron chi connectivity index (χ3n) is 1.83. The lowest BCUT2D eigenvalue weighted by Gasteiger charge is -2.05. The number of hydrogen-bond donors (Lipinski definition) is 2. The van der Waals surface area contributed by atoms with Gasteiger partial charge < -0.3 is 10.4 Å². The number of carboxylic acids is 1. The lowest BCUT2D eigenvalue weighted by Crippen LogP contribution is -2.12. The second-order valence-electron chi connectivity index (χ2n) is 3.14. The largest absolute Gasteiger partial charge is 0.481 e. The lowest BCUT2D eigenvalue weighted by molar-refractivity contribution is -0.137. The van der Waals surface area contributed by atoms with Crippen LogP contribution in [0.15, 0.2) is 22.9 Å². The number of carbonyl (C=O) groups excluding carboxylic acids is 1. The van der Waals surface area contributed by atoms with Crippen LogP contribution >= 0.6 is 15.9 Å². The molecule has 0 radical (unpaired) electrons. The normalized spacial score (nSPS) is 9.81. The van der Waals surface area contributed by atoms with E-state index in [-0.39, 0.29) is 18.7 Å². The molecule has 0 fully saturated rings. The van der Waals surface area contributed by atoms with Gasteiger partial charge in [0.05, 0.1) is 5.69 Å². The van der Waals surface area contributed by atoms with Crippen LogP contribution in [0.3, 0.4) is 0 Å². The van der Waals surface area contributed by atoms with Gasteiger partial charge in [-0.3, -0.25) is 9.59 Å². The zero-order valence-corrected chi connectivity index (χ0v) is 10.0. The molecule has 0 saturated heterocycles. The highest BCUT2D eigenvalue weighted by molar-refractivity contribution is 9.10. The Morgan fingerprint density at radius 3 is 2.81 bits per heavy atom. The van der Waals surface area contributed by atoms with Gasteiger partial charge in [0.2, 0.25) is 5.91 Å². The second kappa shape index (κ2) is 6.22. The van der Waals surface area contributed by atoms with Gasteiger partial charge in [-0.05, 0) is 34.5 Å². The Labute approximate surface area is 101 Å². The van der Waals surface area contributed by atoms with Crippen molar-refractivity contribution in [2.45, 2.75) is 19.3 Å². The summed E-state index contributed by atoms with van der Waals surface area (Å²) >= 11 is 3.20. The molecule has 5 nitrogen and oxygen atoms in total. The van der Waals surface area contributed by atoms with E-state index in [1.165, 1.54) is 0 Å². The van der Waals surface area contributed by atoms with E-state index in [1.54, 1.807) is 18.3 Å². The first-order valence-electron chi connectivity index (χ1n) is 4.72. The summed E-state index contributed by atoms with van der Waals surface area (Å²) in [5.74, 6) is -1.11. The summed E-state index contributed by atoms with van der Waals surface area (Å²) in [6, 6.07) is 3.42. The summed E-state index contributed by atoms with van der Waals surface area (Å²) in [5.41, 5.74) is 0.586. The molecule has 0 spiro atoms. The number of nitrogens with zero attached hydrogens (tertiary/aromatic N) is 1. The predicted molar refractivity (Wildman–Crippen MR) is 62.1 cm³/mol. The molecule has 1 aromatic rings. The molecule has 0 aromatic carbocycles. The van der Waals surface area contributed by atoms with Gasteiger partial charge in [-0.1, -0.05) is 0 Å². The van der Waals surface area contributed by atoms with E-state index in [0.29, 0.717) is 16.7 Å². The van der Waals surface area contributed by atoms with Gasteiger partial charge in [-0.25, -0.2) is 4.98 Å². The summed E-state index contributed by atoms with van der Waals surface area (Å²) in [4.78, 5) is 25.6. The molecule has 0 atom stereocenters. The van der Waals surface area contributed by atoms with Crippen molar-refractivity contribution in [3.05, 3.63) is 22.9 Å². The van der Waals surface area contributed by atoms with Gasteiger partial charge in [0.25, 0.3) is 0 Å². The number of hydrogen-bond acceptors (Lipinski definition) is 3. The molecule has 1 amide bonds. The highest BCUT2D eigenvalue weighted by Crippen LogP contribution is 2.18. The Morgan fingerprint density at radius 1 is 1.44 bits per heavy atom. The SMILES string of the molecule is O=C(O)CCCC(=O)Nc1cccnc1Br. The smallest absolute Gasteiger partial charge is 0.303 e. The summed E-state index contributed by atoms with van der Waals surface area (Å²) in [7, 11) is 0. The van der Waals surface area contributed by atoms with E-state index in [1.807, 2.05) is 0 Å². The van der Waals surface area contributed by atoms with E-state index in [4.69, 9.17) is 5.11 Å². The van der Waals surface area contributed by atoms with Crippen LogP contribution in [-0.4, -0.2) is 22.0 Å². The Balaban J connectivity index is 2.40. The summed E-state index contributed by atoms with van der Waals surface area (Å²) in [5, 5.41) is 11.1. The average Bonchev–Trinajstić information content (AvgIpc) is 2.21. The highest BCUT2D eigenvalue weighted by Gasteiger charge is 2.06. The number of carboxylic acid groups (broad SMARTS) is 1. The fraction of sp³-hybridized carbons (Fsp3) is 0.300. The molecule has 2 N–H and O–H groups in total. The Hall–Kier alpha value is -1.43. The molecule has 0 unspecified atom stereocenters. The number of pyridine rings is 1. The summed E-state index contributed by atoms with van der Waals surface area (Å²) < 4.78 is 0.557. The van der Waals surface area contributed by atoms with E-state index >= 15 is 0 Å². The number of amides is 1. The quantitative estimate of drug-likeness (QED) is 0.812. The lowest BCUT2D eigenvalue weighted by atomic mass is 10.2. The maximum Gasteiger partial charge on any atom is 0.303 e. The van der Waals surface area contributed by atoms with Crippen molar-refractivity contribution >= 4 is 33.5 Å². The number of aromatic nitrogens is 1. The number of anilines is 1. The monoisotopic (exact) mass is 286 g/mol. The first-order valence-corrected chi connectivity index (χ1v) is 5.51. The van der Waals surface area contributed by atoms with Crippen LogP contribution in [0.4, 0.5) is 5.69 Å². The van der Waals surface area contributed by atoms with Gasteiger partial charge in [0.15, 0.2) is 0 Å². The Morgan fingerprint density at radius 2 is 2.19 bits per heavy atom. The molecule has 0 aliphatic heterocycles. The molecule has 6 heteroatoms. The van der Waals surface area contributed by atoms with Gasteiger partial charge in [0.1, 0.15) is 4.60 Å². The molecule has 1 rings (SSSR count). The minimum absolute atomic E-state index is 0.00162. The molecule has 0 aliphatic rings. The number of aliphatic carboxylic acids is 1. The van der Waals surface area contributed by atoms with Crippen molar-refractivity contribution in [2.24, 2.45) is 0 Å². The first-order chi connectivity index (χ1) is 7.59. The molecule has 0 bridgehead atoms. The number of rotatable bonds is 5. The van der Waals surface area contributed by atoms with Crippen LogP contribution in [0, 0.1) is 0 Å². The zero-order chi connectivity index (χ0) is 12.0. The standard InChI is InChI=1S/C10H11BrN2O3/c11-10-7(3-2-6-12-10)13-8(14)4-1-5-9(15)16/h2-3,6H,1,4-5H2,(H,13,14)(H,15,16). The van der Waals surface area contributed by atoms with Crippen LogP contribution in [0.25, 0.3) is 0 Å². The van der Waals surface area contributed by atoms with Crippen molar-refractivity contribution in [1.29, 1.82) is 0 Å². The van der Waals surface area contributed by atoms with Crippen LogP contribution in [-0.2, 0) is 9.59 Å². The average molecular weight is 287 g/mol. The molecule has 16 heavy (non-hydrogen) atoms. The van der Waals surface area contributed by atoms with Gasteiger partial charge in [-0.2, -0.15) is 0 Å². The van der Waals surface area contributed by atoms with Gasteiger partial charge >= 0.3 is 5.97 Å². The number of carbonyl (C=O) groups is 2. The van der Waals surface area contributed by atoms with E-state index in [9.17, 15) is 9.59 Å². The van der Waals surface area contributed by atoms with E-state index in [2.05, 4.69) is 26.2 Å². The van der Waals surface area contributed by atoms with E-state index < -0.39 is 5.97 Å². The third-order valence-corrected chi connectivity index (χ3v) is 2.46.